The molecule has 1 aromatic rings. The van der Waals surface area contributed by atoms with Crippen molar-refractivity contribution in [1.29, 1.82) is 0 Å². The van der Waals surface area contributed by atoms with Crippen molar-refractivity contribution in [3.05, 3.63) is 34.9 Å². The molecule has 3 heteroatoms. The fourth-order valence-corrected chi connectivity index (χ4v) is 2.18. The maximum absolute atomic E-state index is 12.2. The number of aryl methyl sites for hydroxylation is 2. The Morgan fingerprint density at radius 3 is 2.63 bits per heavy atom. The lowest BCUT2D eigenvalue weighted by atomic mass is 10.0. The van der Waals surface area contributed by atoms with Gasteiger partial charge in [-0.05, 0) is 31.5 Å². The molecule has 1 unspecified atom stereocenters. The summed E-state index contributed by atoms with van der Waals surface area (Å²) < 4.78 is 0. The lowest BCUT2D eigenvalue weighted by Gasteiger charge is -2.22. The third-order valence-corrected chi connectivity index (χ3v) is 3.40. The maximum atomic E-state index is 12.2. The van der Waals surface area contributed by atoms with E-state index < -0.39 is 0 Å². The van der Waals surface area contributed by atoms with E-state index in [1.165, 1.54) is 16.7 Å². The normalized spacial score (nSPS) is 12.3. The molecule has 0 saturated carbocycles. The average Bonchev–Trinajstić information content (AvgIpc) is 2.38. The first kappa shape index (κ1) is 15.7. The number of rotatable bonds is 6. The number of nitrogens with zero attached hydrogens (tertiary/aromatic N) is 1. The Kier molecular flexibility index (Phi) is 6.03. The van der Waals surface area contributed by atoms with E-state index in [1.54, 1.807) is 0 Å². The molecule has 1 aromatic carbocycles. The van der Waals surface area contributed by atoms with Crippen LogP contribution in [0.4, 0.5) is 0 Å². The SMILES string of the molecule is CCNCC(C)C(=O)N(C)Cc1ccc(C)cc1C. The molecule has 19 heavy (non-hydrogen) atoms. The van der Waals surface area contributed by atoms with E-state index in [9.17, 15) is 4.79 Å². The molecular formula is C16H26N2O. The summed E-state index contributed by atoms with van der Waals surface area (Å²) in [4.78, 5) is 14.0. The zero-order chi connectivity index (χ0) is 14.4. The van der Waals surface area contributed by atoms with Gasteiger partial charge in [0.25, 0.3) is 0 Å². The van der Waals surface area contributed by atoms with E-state index in [0.29, 0.717) is 6.54 Å². The highest BCUT2D eigenvalue weighted by molar-refractivity contribution is 5.78. The molecule has 1 amide bonds. The molecule has 0 heterocycles. The minimum atomic E-state index is 0.0238. The third-order valence-electron chi connectivity index (χ3n) is 3.40. The van der Waals surface area contributed by atoms with Gasteiger partial charge in [0.2, 0.25) is 5.91 Å². The van der Waals surface area contributed by atoms with Crippen LogP contribution in [0.3, 0.4) is 0 Å². The van der Waals surface area contributed by atoms with Gasteiger partial charge >= 0.3 is 0 Å². The van der Waals surface area contributed by atoms with Crippen LogP contribution in [0.2, 0.25) is 0 Å². The zero-order valence-electron chi connectivity index (χ0n) is 12.8. The van der Waals surface area contributed by atoms with Crippen molar-refractivity contribution in [1.82, 2.24) is 10.2 Å². The van der Waals surface area contributed by atoms with E-state index in [-0.39, 0.29) is 11.8 Å². The van der Waals surface area contributed by atoms with Gasteiger partial charge in [0.1, 0.15) is 0 Å². The van der Waals surface area contributed by atoms with Gasteiger partial charge in [0.15, 0.2) is 0 Å². The lowest BCUT2D eigenvalue weighted by molar-refractivity contribution is -0.134. The summed E-state index contributed by atoms with van der Waals surface area (Å²) in [6.07, 6.45) is 0. The minimum Gasteiger partial charge on any atom is -0.341 e. The Morgan fingerprint density at radius 2 is 2.05 bits per heavy atom. The molecule has 0 spiro atoms. The van der Waals surface area contributed by atoms with Crippen LogP contribution in [0.15, 0.2) is 18.2 Å². The van der Waals surface area contributed by atoms with Crippen LogP contribution >= 0.6 is 0 Å². The average molecular weight is 262 g/mol. The summed E-state index contributed by atoms with van der Waals surface area (Å²) >= 11 is 0. The first-order valence-electron chi connectivity index (χ1n) is 6.97. The molecule has 0 saturated heterocycles. The van der Waals surface area contributed by atoms with E-state index >= 15 is 0 Å². The smallest absolute Gasteiger partial charge is 0.226 e. The van der Waals surface area contributed by atoms with Gasteiger partial charge in [-0.3, -0.25) is 4.79 Å². The number of carbonyl (C=O) groups excluding carboxylic acids is 1. The van der Waals surface area contributed by atoms with E-state index in [4.69, 9.17) is 0 Å². The fourth-order valence-electron chi connectivity index (χ4n) is 2.18. The van der Waals surface area contributed by atoms with Crippen LogP contribution in [0.25, 0.3) is 0 Å². The lowest BCUT2D eigenvalue weighted by Crippen LogP contribution is -2.36. The summed E-state index contributed by atoms with van der Waals surface area (Å²) in [5.41, 5.74) is 3.73. The second-order valence-electron chi connectivity index (χ2n) is 5.33. The fraction of sp³-hybridized carbons (Fsp3) is 0.562. The van der Waals surface area contributed by atoms with E-state index in [2.05, 4.69) is 44.3 Å². The summed E-state index contributed by atoms with van der Waals surface area (Å²) in [5.74, 6) is 0.219. The van der Waals surface area contributed by atoms with E-state index in [0.717, 1.165) is 13.1 Å². The van der Waals surface area contributed by atoms with Crippen LogP contribution in [-0.2, 0) is 11.3 Å². The Hall–Kier alpha value is -1.35. The summed E-state index contributed by atoms with van der Waals surface area (Å²) in [6.45, 7) is 10.5. The van der Waals surface area contributed by atoms with Crippen LogP contribution in [0.5, 0.6) is 0 Å². The number of hydrogen-bond acceptors (Lipinski definition) is 2. The summed E-state index contributed by atoms with van der Waals surface area (Å²) in [5, 5.41) is 3.22. The molecule has 0 bridgehead atoms. The molecule has 0 aliphatic rings. The molecule has 1 rings (SSSR count). The minimum absolute atomic E-state index is 0.0238. The second-order valence-corrected chi connectivity index (χ2v) is 5.33. The van der Waals surface area contributed by atoms with Crippen LogP contribution in [-0.4, -0.2) is 30.9 Å². The Morgan fingerprint density at radius 1 is 1.37 bits per heavy atom. The number of benzene rings is 1. The second kappa shape index (κ2) is 7.29. The third kappa shape index (κ3) is 4.67. The maximum Gasteiger partial charge on any atom is 0.226 e. The van der Waals surface area contributed by atoms with Gasteiger partial charge in [-0.15, -0.1) is 0 Å². The highest BCUT2D eigenvalue weighted by Crippen LogP contribution is 2.13. The molecule has 106 valence electrons. The number of nitrogens with one attached hydrogen (secondary N) is 1. The van der Waals surface area contributed by atoms with Crippen molar-refractivity contribution in [2.45, 2.75) is 34.2 Å². The topological polar surface area (TPSA) is 32.3 Å². The predicted molar refractivity (Wildman–Crippen MR) is 80.1 cm³/mol. The molecular weight excluding hydrogens is 236 g/mol. The Bertz CT molecular complexity index is 429. The van der Waals surface area contributed by atoms with Gasteiger partial charge in [-0.1, -0.05) is 37.6 Å². The highest BCUT2D eigenvalue weighted by atomic mass is 16.2. The molecule has 0 aliphatic carbocycles. The van der Waals surface area contributed by atoms with Gasteiger partial charge in [-0.25, -0.2) is 0 Å². The zero-order valence-corrected chi connectivity index (χ0v) is 12.8. The van der Waals surface area contributed by atoms with Gasteiger partial charge in [0.05, 0.1) is 0 Å². The number of amides is 1. The van der Waals surface area contributed by atoms with Gasteiger partial charge < -0.3 is 10.2 Å². The van der Waals surface area contributed by atoms with Crippen molar-refractivity contribution in [3.8, 4) is 0 Å². The first-order valence-corrected chi connectivity index (χ1v) is 6.97. The summed E-state index contributed by atoms with van der Waals surface area (Å²) in [7, 11) is 1.88. The Balaban J connectivity index is 2.63. The molecule has 0 fully saturated rings. The van der Waals surface area contributed by atoms with Crippen LogP contribution in [0, 0.1) is 19.8 Å². The monoisotopic (exact) mass is 262 g/mol. The van der Waals surface area contributed by atoms with Gasteiger partial charge in [0, 0.05) is 26.1 Å². The molecule has 3 nitrogen and oxygen atoms in total. The predicted octanol–water partition coefficient (Wildman–Crippen LogP) is 2.51. The number of hydrogen-bond donors (Lipinski definition) is 1. The number of carbonyl (C=O) groups is 1. The molecule has 0 aliphatic heterocycles. The van der Waals surface area contributed by atoms with Crippen molar-refractivity contribution in [2.75, 3.05) is 20.1 Å². The van der Waals surface area contributed by atoms with Crippen molar-refractivity contribution in [3.63, 3.8) is 0 Å². The molecule has 1 atom stereocenters. The van der Waals surface area contributed by atoms with Crippen LogP contribution in [0.1, 0.15) is 30.5 Å². The van der Waals surface area contributed by atoms with Crippen molar-refractivity contribution >= 4 is 5.91 Å². The summed E-state index contributed by atoms with van der Waals surface area (Å²) in [6, 6.07) is 6.38. The highest BCUT2D eigenvalue weighted by Gasteiger charge is 2.17. The molecule has 0 radical (unpaired) electrons. The molecule has 0 aromatic heterocycles. The quantitative estimate of drug-likeness (QED) is 0.854. The standard InChI is InChI=1S/C16H26N2O/c1-6-17-10-14(4)16(19)18(5)11-15-8-7-12(2)9-13(15)3/h7-9,14,17H,6,10-11H2,1-5H3. The van der Waals surface area contributed by atoms with Crippen LogP contribution < -0.4 is 5.32 Å². The largest absolute Gasteiger partial charge is 0.341 e. The van der Waals surface area contributed by atoms with Crippen molar-refractivity contribution in [2.24, 2.45) is 5.92 Å². The Labute approximate surface area is 117 Å². The van der Waals surface area contributed by atoms with E-state index in [1.807, 2.05) is 18.9 Å². The molecule has 1 N–H and O–H groups in total. The van der Waals surface area contributed by atoms with Crippen molar-refractivity contribution < 1.29 is 4.79 Å². The van der Waals surface area contributed by atoms with Gasteiger partial charge in [-0.2, -0.15) is 0 Å². The first-order chi connectivity index (χ1) is 8.95.